The van der Waals surface area contributed by atoms with Gasteiger partial charge in [0, 0.05) is 52.2 Å². The molecule has 7 heteroatoms. The van der Waals surface area contributed by atoms with Gasteiger partial charge in [-0.1, -0.05) is 60.1 Å². The minimum Gasteiger partial charge on any atom is -0.482 e. The van der Waals surface area contributed by atoms with Crippen LogP contribution in [0, 0.1) is 0 Å². The first-order chi connectivity index (χ1) is 17.9. The zero-order chi connectivity index (χ0) is 25.9. The van der Waals surface area contributed by atoms with E-state index >= 15 is 0 Å². The number of pyridine rings is 1. The van der Waals surface area contributed by atoms with E-state index in [0.29, 0.717) is 21.6 Å². The fourth-order valence-electron chi connectivity index (χ4n) is 5.44. The number of benzene rings is 2. The van der Waals surface area contributed by atoms with Crippen LogP contribution in [0.15, 0.2) is 61.3 Å². The maximum atomic E-state index is 6.37. The van der Waals surface area contributed by atoms with E-state index in [1.165, 1.54) is 38.8 Å². The Morgan fingerprint density at radius 3 is 2.38 bits per heavy atom. The van der Waals surface area contributed by atoms with E-state index in [-0.39, 0.29) is 6.10 Å². The van der Waals surface area contributed by atoms with E-state index in [2.05, 4.69) is 45.6 Å². The summed E-state index contributed by atoms with van der Waals surface area (Å²) in [6.45, 7) is 11.0. The summed E-state index contributed by atoms with van der Waals surface area (Å²) >= 11 is 12.4. The fraction of sp³-hybridized carbons (Fsp3) is 0.367. The Kier molecular flexibility index (Phi) is 7.94. The van der Waals surface area contributed by atoms with Gasteiger partial charge in [0.15, 0.2) is 11.6 Å². The number of halogens is 2. The molecule has 194 valence electrons. The predicted octanol–water partition coefficient (Wildman–Crippen LogP) is 7.31. The zero-order valence-corrected chi connectivity index (χ0v) is 22.8. The first-order valence-corrected chi connectivity index (χ1v) is 13.8. The van der Waals surface area contributed by atoms with Gasteiger partial charge in [-0.2, -0.15) is 0 Å². The second kappa shape index (κ2) is 11.3. The topological polar surface area (TPSA) is 54.6 Å². The second-order valence-electron chi connectivity index (χ2n) is 10.0. The molecule has 0 saturated carbocycles. The molecule has 0 bridgehead atoms. The van der Waals surface area contributed by atoms with Gasteiger partial charge in [-0.15, -0.1) is 0 Å². The monoisotopic (exact) mass is 536 g/mol. The van der Waals surface area contributed by atoms with Crippen LogP contribution in [0.1, 0.15) is 49.8 Å². The Hall–Kier alpha value is -2.73. The Balaban J connectivity index is 1.25. The summed E-state index contributed by atoms with van der Waals surface area (Å²) in [7, 11) is 0. The van der Waals surface area contributed by atoms with Gasteiger partial charge in [0.25, 0.3) is 0 Å². The van der Waals surface area contributed by atoms with E-state index in [4.69, 9.17) is 33.7 Å². The molecule has 2 aromatic carbocycles. The molecule has 0 radical (unpaired) electrons. The molecule has 2 N–H and O–H groups in total. The Bertz CT molecular complexity index is 1250. The fourth-order valence-corrected chi connectivity index (χ4v) is 6.00. The number of nitrogen functional groups attached to an aromatic ring is 1. The third-order valence-corrected chi connectivity index (χ3v) is 8.20. The lowest BCUT2D eigenvalue weighted by atomic mass is 10.00. The highest BCUT2D eigenvalue weighted by atomic mass is 35.5. The minimum absolute atomic E-state index is 0.315. The Morgan fingerprint density at radius 2 is 1.70 bits per heavy atom. The zero-order valence-electron chi connectivity index (χ0n) is 21.3. The maximum Gasteiger partial charge on any atom is 0.166 e. The summed E-state index contributed by atoms with van der Waals surface area (Å²) in [4.78, 5) is 9.49. The number of aromatic nitrogens is 1. The van der Waals surface area contributed by atoms with Crippen LogP contribution in [0.5, 0.6) is 5.75 Å². The molecule has 0 aliphatic carbocycles. The van der Waals surface area contributed by atoms with Gasteiger partial charge in [-0.05, 0) is 75.0 Å². The SMILES string of the molecule is C=C(c1ccc(-c2cnc(N)c(OC(C)c3ccc(Cl)cc3Cl)c2)cc1)N1CCC(N2CCCC2)CC1. The van der Waals surface area contributed by atoms with Crippen LogP contribution < -0.4 is 10.5 Å². The largest absolute Gasteiger partial charge is 0.482 e. The third-order valence-electron chi connectivity index (χ3n) is 7.64. The van der Waals surface area contributed by atoms with E-state index in [1.807, 2.05) is 19.1 Å². The van der Waals surface area contributed by atoms with Crippen molar-refractivity contribution >= 4 is 34.7 Å². The minimum atomic E-state index is -0.315. The molecular weight excluding hydrogens is 503 g/mol. The molecule has 5 nitrogen and oxygen atoms in total. The van der Waals surface area contributed by atoms with Crippen molar-refractivity contribution in [3.63, 3.8) is 0 Å². The summed E-state index contributed by atoms with van der Waals surface area (Å²) in [5, 5.41) is 1.14. The van der Waals surface area contributed by atoms with Crippen LogP contribution in [-0.4, -0.2) is 47.0 Å². The van der Waals surface area contributed by atoms with Gasteiger partial charge in [-0.3, -0.25) is 0 Å². The smallest absolute Gasteiger partial charge is 0.166 e. The van der Waals surface area contributed by atoms with E-state index in [9.17, 15) is 0 Å². The van der Waals surface area contributed by atoms with Crippen molar-refractivity contribution in [3.05, 3.63) is 82.5 Å². The van der Waals surface area contributed by atoms with Crippen molar-refractivity contribution in [1.29, 1.82) is 0 Å². The average molecular weight is 538 g/mol. The van der Waals surface area contributed by atoms with Gasteiger partial charge in [-0.25, -0.2) is 4.98 Å². The summed E-state index contributed by atoms with van der Waals surface area (Å²) in [5.74, 6) is 0.855. The van der Waals surface area contributed by atoms with Gasteiger partial charge in [0.05, 0.1) is 0 Å². The van der Waals surface area contributed by atoms with Gasteiger partial charge < -0.3 is 20.3 Å². The third kappa shape index (κ3) is 5.90. The molecule has 1 unspecified atom stereocenters. The number of rotatable bonds is 7. The van der Waals surface area contributed by atoms with Crippen LogP contribution in [0.2, 0.25) is 10.0 Å². The van der Waals surface area contributed by atoms with Crippen molar-refractivity contribution in [2.45, 2.75) is 44.8 Å². The molecule has 3 aromatic rings. The van der Waals surface area contributed by atoms with E-state index in [0.717, 1.165) is 47.1 Å². The van der Waals surface area contributed by atoms with Crippen molar-refractivity contribution in [1.82, 2.24) is 14.8 Å². The Labute approximate surface area is 229 Å². The summed E-state index contributed by atoms with van der Waals surface area (Å²) < 4.78 is 6.16. The number of nitrogens with zero attached hydrogens (tertiary/aromatic N) is 3. The summed E-state index contributed by atoms with van der Waals surface area (Å²) in [6, 6.07) is 16.5. The van der Waals surface area contributed by atoms with Crippen LogP contribution in [0.3, 0.4) is 0 Å². The summed E-state index contributed by atoms with van der Waals surface area (Å²) in [5.41, 5.74) is 11.2. The van der Waals surface area contributed by atoms with Crippen molar-refractivity contribution in [2.75, 3.05) is 31.9 Å². The van der Waals surface area contributed by atoms with Crippen LogP contribution in [-0.2, 0) is 0 Å². The molecule has 1 atom stereocenters. The molecular formula is C30H34Cl2N4O. The maximum absolute atomic E-state index is 6.37. The molecule has 3 heterocycles. The number of piperidine rings is 1. The Morgan fingerprint density at radius 1 is 1.00 bits per heavy atom. The lowest BCUT2D eigenvalue weighted by molar-refractivity contribution is 0.159. The number of anilines is 1. The van der Waals surface area contributed by atoms with E-state index in [1.54, 1.807) is 18.3 Å². The van der Waals surface area contributed by atoms with Gasteiger partial charge >= 0.3 is 0 Å². The molecule has 0 amide bonds. The first-order valence-electron chi connectivity index (χ1n) is 13.0. The number of hydrogen-bond acceptors (Lipinski definition) is 5. The van der Waals surface area contributed by atoms with Gasteiger partial charge in [0.1, 0.15) is 6.10 Å². The molecule has 2 aliphatic heterocycles. The normalized spacial score (nSPS) is 17.6. The molecule has 2 aliphatic rings. The molecule has 2 saturated heterocycles. The van der Waals surface area contributed by atoms with Crippen molar-refractivity contribution in [2.24, 2.45) is 0 Å². The van der Waals surface area contributed by atoms with Crippen molar-refractivity contribution in [3.8, 4) is 16.9 Å². The molecule has 5 rings (SSSR count). The quantitative estimate of drug-likeness (QED) is 0.343. The highest BCUT2D eigenvalue weighted by Crippen LogP contribution is 2.34. The molecule has 1 aromatic heterocycles. The van der Waals surface area contributed by atoms with Crippen LogP contribution in [0.25, 0.3) is 16.8 Å². The average Bonchev–Trinajstić information content (AvgIpc) is 3.45. The van der Waals surface area contributed by atoms with E-state index < -0.39 is 0 Å². The van der Waals surface area contributed by atoms with Crippen LogP contribution >= 0.6 is 23.2 Å². The van der Waals surface area contributed by atoms with Gasteiger partial charge in [0.2, 0.25) is 0 Å². The summed E-state index contributed by atoms with van der Waals surface area (Å²) in [6.07, 6.45) is 6.60. The lowest BCUT2D eigenvalue weighted by Crippen LogP contribution is -2.42. The second-order valence-corrected chi connectivity index (χ2v) is 10.9. The standard InChI is InChI=1S/C30H34Cl2N4O/c1-20(35-15-11-26(12-16-35)36-13-3-4-14-36)22-5-7-23(8-6-22)24-17-29(30(33)34-19-24)37-21(2)27-10-9-25(31)18-28(27)32/h5-10,17-19,21,26H,1,3-4,11-16H2,2H3,(H2,33,34). The molecule has 2 fully saturated rings. The highest BCUT2D eigenvalue weighted by Gasteiger charge is 2.27. The predicted molar refractivity (Wildman–Crippen MR) is 154 cm³/mol. The number of nitrogens with two attached hydrogens (primary N) is 1. The number of ether oxygens (including phenoxy) is 1. The highest BCUT2D eigenvalue weighted by molar-refractivity contribution is 6.35. The molecule has 0 spiro atoms. The lowest BCUT2D eigenvalue weighted by Gasteiger charge is -2.38. The number of likely N-dealkylation sites (tertiary alicyclic amines) is 2. The van der Waals surface area contributed by atoms with Crippen LogP contribution in [0.4, 0.5) is 5.82 Å². The number of hydrogen-bond donors (Lipinski definition) is 1. The molecule has 37 heavy (non-hydrogen) atoms. The van der Waals surface area contributed by atoms with Crippen molar-refractivity contribution < 1.29 is 4.74 Å². The first kappa shape index (κ1) is 25.9.